The van der Waals surface area contributed by atoms with Crippen LogP contribution in [0.1, 0.15) is 25.4 Å². The highest BCUT2D eigenvalue weighted by Crippen LogP contribution is 2.55. The van der Waals surface area contributed by atoms with E-state index in [2.05, 4.69) is 0 Å². The van der Waals surface area contributed by atoms with Gasteiger partial charge in [0.15, 0.2) is 11.4 Å². The minimum absolute atomic E-state index is 0. The molecule has 33 heavy (non-hydrogen) atoms. The number of aliphatic hydroxyl groups excluding tert-OH is 3. The van der Waals surface area contributed by atoms with E-state index in [1.807, 2.05) is 0 Å². The van der Waals surface area contributed by atoms with Crippen molar-refractivity contribution in [1.29, 1.82) is 0 Å². The van der Waals surface area contributed by atoms with Crippen LogP contribution >= 0.6 is 0 Å². The van der Waals surface area contributed by atoms with Crippen LogP contribution in [0.5, 0.6) is 5.75 Å². The summed E-state index contributed by atoms with van der Waals surface area (Å²) in [5.74, 6) is -8.87. The third-order valence-corrected chi connectivity index (χ3v) is 6.99. The molecule has 4 rings (SSSR count). The van der Waals surface area contributed by atoms with Crippen LogP contribution in [0.3, 0.4) is 0 Å². The monoisotopic (exact) mass is 463 g/mol. The van der Waals surface area contributed by atoms with Crippen LogP contribution in [0, 0.1) is 11.8 Å². The average molecular weight is 463 g/mol. The number of fused-ring (bicyclic) bond motifs is 3. The summed E-state index contributed by atoms with van der Waals surface area (Å²) in [6.07, 6.45) is -1.59. The lowest BCUT2D eigenvalue weighted by Gasteiger charge is -2.53. The summed E-state index contributed by atoms with van der Waals surface area (Å²) in [4.78, 5) is 40.0. The predicted octanol–water partition coefficient (Wildman–Crippen LogP) is -1.22. The van der Waals surface area contributed by atoms with Gasteiger partial charge in [0.2, 0.25) is 5.78 Å². The number of Topliss-reactive ketones (excluding diaryl/α,β-unsaturated/α-hetero) is 2. The Hall–Kier alpha value is -3.25. The Morgan fingerprint density at radius 1 is 1.18 bits per heavy atom. The van der Waals surface area contributed by atoms with E-state index in [4.69, 9.17) is 5.73 Å². The van der Waals surface area contributed by atoms with Gasteiger partial charge in [-0.1, -0.05) is 19.1 Å². The van der Waals surface area contributed by atoms with Gasteiger partial charge in [-0.05, 0) is 31.6 Å². The first-order valence-electron chi connectivity index (χ1n) is 10.0. The van der Waals surface area contributed by atoms with Crippen LogP contribution in [0.2, 0.25) is 0 Å². The number of hydrogen-bond donors (Lipinski definition) is 6. The summed E-state index contributed by atoms with van der Waals surface area (Å²) in [5.41, 5.74) is 1.47. The summed E-state index contributed by atoms with van der Waals surface area (Å²) in [7, 11) is 2.92. The molecule has 3 aliphatic rings. The molecule has 178 valence electrons. The minimum Gasteiger partial charge on any atom is -0.508 e. The lowest BCUT2D eigenvalue weighted by Crippen LogP contribution is -2.70. The second-order valence-corrected chi connectivity index (χ2v) is 8.79. The molecule has 1 aromatic carbocycles. The van der Waals surface area contributed by atoms with Crippen molar-refractivity contribution in [1.82, 2.24) is 4.90 Å². The number of aromatic hydroxyl groups is 1. The molecule has 0 aromatic heterocycles. The van der Waals surface area contributed by atoms with E-state index in [0.29, 0.717) is 5.56 Å². The minimum atomic E-state index is -2.89. The first kappa shape index (κ1) is 24.4. The van der Waals surface area contributed by atoms with Crippen molar-refractivity contribution in [3.63, 3.8) is 0 Å². The van der Waals surface area contributed by atoms with E-state index >= 15 is 0 Å². The van der Waals surface area contributed by atoms with Crippen molar-refractivity contribution in [3.8, 4) is 5.75 Å². The number of phenols is 1. The SMILES string of the molecule is C[C@H]1c2cccc(O)c2C(O)=C2C(=O)[C@]3(O)C(O)=C(C(N)=O)C(=O)[C@@H](N(C)C)[C@@H]3[C@@H](O)[C@@H]21.O.[H+]. The molecule has 0 bridgehead atoms. The molecule has 11 heteroatoms. The number of carbonyl (C=O) groups is 3. The standard InChI is InChI=1S/C22H24N2O8.H2O/c1-7-8-5-4-6-9(25)11(8)16(26)12-10(7)17(27)14-15(24(2)3)18(28)13(21(23)31)20(30)22(14,32)19(12)29;/h4-7,10,14-15,17,25-27,30,32H,1-3H3,(H2,23,31);1H2/p+1/t7-,10+,14+,15-,17-,22-;/m0./s1. The maximum atomic E-state index is 13.7. The maximum absolute atomic E-state index is 13.7. The Bertz CT molecular complexity index is 1150. The zero-order valence-electron chi connectivity index (χ0n) is 19.1. The van der Waals surface area contributed by atoms with Gasteiger partial charge >= 0.3 is 1.43 Å². The molecule has 0 saturated heterocycles. The Morgan fingerprint density at radius 3 is 2.33 bits per heavy atom. The largest absolute Gasteiger partial charge is 1.00 e. The molecule has 0 aliphatic heterocycles. The Morgan fingerprint density at radius 2 is 1.79 bits per heavy atom. The van der Waals surface area contributed by atoms with Gasteiger partial charge in [-0.25, -0.2) is 0 Å². The summed E-state index contributed by atoms with van der Waals surface area (Å²) in [6.45, 7) is 1.68. The number of benzene rings is 1. The molecule has 9 N–H and O–H groups in total. The number of ketones is 2. The van der Waals surface area contributed by atoms with E-state index in [9.17, 15) is 39.9 Å². The lowest BCUT2D eigenvalue weighted by atomic mass is 9.54. The van der Waals surface area contributed by atoms with Gasteiger partial charge in [0, 0.05) is 11.5 Å². The zero-order valence-corrected chi connectivity index (χ0v) is 18.1. The fourth-order valence-electron chi connectivity index (χ4n) is 5.58. The van der Waals surface area contributed by atoms with Gasteiger partial charge in [-0.3, -0.25) is 19.3 Å². The highest BCUT2D eigenvalue weighted by Gasteiger charge is 2.68. The number of phenolic OH excluding ortho intramolecular Hbond substituents is 1. The molecule has 0 spiro atoms. The highest BCUT2D eigenvalue weighted by atomic mass is 16.4. The summed E-state index contributed by atoms with van der Waals surface area (Å²) < 4.78 is 0. The lowest BCUT2D eigenvalue weighted by molar-refractivity contribution is -0.169. The number of carbonyl (C=O) groups excluding carboxylic acids is 3. The average Bonchev–Trinajstić information content (AvgIpc) is 2.70. The summed E-state index contributed by atoms with van der Waals surface area (Å²) >= 11 is 0. The molecule has 1 aromatic rings. The van der Waals surface area contributed by atoms with Crippen molar-refractivity contribution in [2.45, 2.75) is 30.6 Å². The number of nitrogens with zero attached hydrogens (tertiary/aromatic N) is 1. The fraction of sp³-hybridized carbons (Fsp3) is 0.409. The number of amides is 1. The van der Waals surface area contributed by atoms with Gasteiger partial charge in [0.25, 0.3) is 5.91 Å². The fourth-order valence-corrected chi connectivity index (χ4v) is 5.58. The smallest absolute Gasteiger partial charge is 0.508 e. The number of likely N-dealkylation sites (N-methyl/N-ethyl adjacent to an activating group) is 1. The van der Waals surface area contributed by atoms with E-state index in [1.165, 1.54) is 25.1 Å². The van der Waals surface area contributed by atoms with Crippen molar-refractivity contribution in [2.75, 3.05) is 14.1 Å². The number of aliphatic hydroxyl groups is 4. The first-order chi connectivity index (χ1) is 14.9. The van der Waals surface area contributed by atoms with Crippen LogP contribution in [0.15, 0.2) is 35.1 Å². The van der Waals surface area contributed by atoms with Gasteiger partial charge < -0.3 is 36.7 Å². The van der Waals surface area contributed by atoms with Crippen molar-refractivity contribution in [3.05, 3.63) is 46.2 Å². The molecule has 11 nitrogen and oxygen atoms in total. The number of primary amides is 1. The molecule has 1 amide bonds. The maximum Gasteiger partial charge on any atom is 1.00 e. The highest BCUT2D eigenvalue weighted by molar-refractivity contribution is 6.24. The Balaban J connectivity index is 0.00000204. The van der Waals surface area contributed by atoms with Gasteiger partial charge in [0.1, 0.15) is 22.8 Å². The van der Waals surface area contributed by atoms with Crippen LogP contribution in [0.4, 0.5) is 0 Å². The second-order valence-electron chi connectivity index (χ2n) is 8.79. The topological polar surface area (TPSA) is 213 Å². The van der Waals surface area contributed by atoms with Gasteiger partial charge in [-0.2, -0.15) is 0 Å². The van der Waals surface area contributed by atoms with Crippen LogP contribution in [-0.2, 0) is 14.4 Å². The third-order valence-electron chi connectivity index (χ3n) is 6.99. The zero-order chi connectivity index (χ0) is 23.9. The number of rotatable bonds is 2. The molecule has 0 unspecified atom stereocenters. The van der Waals surface area contributed by atoms with Crippen LogP contribution in [-0.4, -0.2) is 85.2 Å². The van der Waals surface area contributed by atoms with Crippen molar-refractivity contribution in [2.24, 2.45) is 17.6 Å². The van der Waals surface area contributed by atoms with E-state index < -0.39 is 75.6 Å². The molecule has 1 fully saturated rings. The Kier molecular flexibility index (Phi) is 5.66. The summed E-state index contributed by atoms with van der Waals surface area (Å²) in [5, 5.41) is 54.9. The molecular formula is C22H27N2O9+. The second kappa shape index (κ2) is 7.66. The van der Waals surface area contributed by atoms with Crippen molar-refractivity contribution < 1.29 is 46.8 Å². The van der Waals surface area contributed by atoms with Gasteiger partial charge in [-0.15, -0.1) is 0 Å². The number of nitrogens with two attached hydrogens (primary N) is 1. The molecule has 0 radical (unpaired) electrons. The van der Waals surface area contributed by atoms with Crippen molar-refractivity contribution >= 4 is 23.2 Å². The molecule has 3 aliphatic carbocycles. The van der Waals surface area contributed by atoms with E-state index in [1.54, 1.807) is 19.1 Å². The quantitative estimate of drug-likeness (QED) is 0.290. The Labute approximate surface area is 189 Å². The number of hydrogen-bond acceptors (Lipinski definition) is 9. The van der Waals surface area contributed by atoms with E-state index in [-0.39, 0.29) is 18.2 Å². The van der Waals surface area contributed by atoms with E-state index in [0.717, 1.165) is 0 Å². The molecule has 1 saturated carbocycles. The van der Waals surface area contributed by atoms with Gasteiger partial charge in [0.05, 0.1) is 23.6 Å². The summed E-state index contributed by atoms with van der Waals surface area (Å²) in [6, 6.07) is 3.13. The molecule has 6 atom stereocenters. The normalized spacial score (nSPS) is 33.3. The molecule has 0 heterocycles. The van der Waals surface area contributed by atoms with Crippen LogP contribution in [0.25, 0.3) is 5.76 Å². The predicted molar refractivity (Wildman–Crippen MR) is 115 cm³/mol. The first-order valence-corrected chi connectivity index (χ1v) is 10.0. The third kappa shape index (κ3) is 2.86. The van der Waals surface area contributed by atoms with Crippen LogP contribution < -0.4 is 5.73 Å². The molecular weight excluding hydrogens is 436 g/mol.